The van der Waals surface area contributed by atoms with Crippen LogP contribution in [0.3, 0.4) is 0 Å². The van der Waals surface area contributed by atoms with Gasteiger partial charge in [-0.15, -0.1) is 0 Å². The Hall–Kier alpha value is -2.71. The molecule has 0 saturated carbocycles. The predicted octanol–water partition coefficient (Wildman–Crippen LogP) is 3.39. The van der Waals surface area contributed by atoms with E-state index >= 15 is 0 Å². The van der Waals surface area contributed by atoms with Crippen molar-refractivity contribution in [2.75, 3.05) is 36.4 Å². The number of hydrogen-bond acceptors (Lipinski definition) is 6. The number of carbonyl (C=O) groups is 2. The molecule has 0 unspecified atom stereocenters. The Morgan fingerprint density at radius 3 is 2.62 bits per heavy atom. The molecule has 3 atom stereocenters. The van der Waals surface area contributed by atoms with Gasteiger partial charge in [-0.2, -0.15) is 0 Å². The minimum Gasteiger partial charge on any atom is -0.352 e. The number of benzene rings is 1. The molecule has 0 aliphatic carbocycles. The van der Waals surface area contributed by atoms with Gasteiger partial charge in [-0.1, -0.05) is 44.5 Å². The zero-order valence-electron chi connectivity index (χ0n) is 20.2. The molecule has 0 radical (unpaired) electrons. The lowest BCUT2D eigenvalue weighted by Gasteiger charge is -2.43. The Kier molecular flexibility index (Phi) is 7.38. The maximum atomic E-state index is 13.7. The van der Waals surface area contributed by atoms with Crippen LogP contribution in [0.4, 0.5) is 11.6 Å². The fourth-order valence-electron chi connectivity index (χ4n) is 4.83. The first-order valence-electron chi connectivity index (χ1n) is 11.9. The Bertz CT molecular complexity index is 1040. The van der Waals surface area contributed by atoms with Gasteiger partial charge in [0, 0.05) is 55.3 Å². The van der Waals surface area contributed by atoms with Gasteiger partial charge in [0.1, 0.15) is 18.0 Å². The largest absolute Gasteiger partial charge is 0.352 e. The summed E-state index contributed by atoms with van der Waals surface area (Å²) in [4.78, 5) is 38.7. The molecule has 3 heterocycles. The van der Waals surface area contributed by atoms with Crippen molar-refractivity contribution in [3.05, 3.63) is 46.7 Å². The summed E-state index contributed by atoms with van der Waals surface area (Å²) in [6.07, 6.45) is 1.93. The highest BCUT2D eigenvalue weighted by Crippen LogP contribution is 2.37. The van der Waals surface area contributed by atoms with Gasteiger partial charge in [0.2, 0.25) is 11.8 Å². The summed E-state index contributed by atoms with van der Waals surface area (Å²) in [5.74, 6) is 1.32. The van der Waals surface area contributed by atoms with Crippen LogP contribution in [0.2, 0.25) is 5.02 Å². The fraction of sp³-hybridized carbons (Fsp3) is 0.520. The Labute approximate surface area is 206 Å². The SMILES string of the molecule is CC(C)NC[C@H](C(=O)N1CCN(c2ncnc3c2[C@H](C)CC(=O)N3)C[C@@H]1C)c1ccc(Cl)cc1. The van der Waals surface area contributed by atoms with Crippen molar-refractivity contribution in [2.45, 2.75) is 58.0 Å². The van der Waals surface area contributed by atoms with Crippen molar-refractivity contribution in [3.63, 3.8) is 0 Å². The predicted molar refractivity (Wildman–Crippen MR) is 134 cm³/mol. The van der Waals surface area contributed by atoms with Gasteiger partial charge < -0.3 is 20.4 Å². The molecule has 182 valence electrons. The van der Waals surface area contributed by atoms with E-state index in [-0.39, 0.29) is 35.7 Å². The van der Waals surface area contributed by atoms with Gasteiger partial charge in [0.05, 0.1) is 5.92 Å². The monoisotopic (exact) mass is 484 g/mol. The van der Waals surface area contributed by atoms with Gasteiger partial charge in [-0.05, 0) is 30.5 Å². The van der Waals surface area contributed by atoms with Gasteiger partial charge in [0.25, 0.3) is 0 Å². The third-order valence-electron chi connectivity index (χ3n) is 6.62. The molecule has 0 spiro atoms. The normalized spacial score (nSPS) is 21.3. The molecule has 34 heavy (non-hydrogen) atoms. The summed E-state index contributed by atoms with van der Waals surface area (Å²) in [5.41, 5.74) is 1.95. The van der Waals surface area contributed by atoms with E-state index in [0.29, 0.717) is 43.4 Å². The van der Waals surface area contributed by atoms with E-state index in [1.807, 2.05) is 36.1 Å². The number of anilines is 2. The molecule has 2 amide bonds. The smallest absolute Gasteiger partial charge is 0.231 e. The van der Waals surface area contributed by atoms with Crippen molar-refractivity contribution in [1.29, 1.82) is 0 Å². The summed E-state index contributed by atoms with van der Waals surface area (Å²) < 4.78 is 0. The van der Waals surface area contributed by atoms with Crippen molar-refractivity contribution in [2.24, 2.45) is 0 Å². The van der Waals surface area contributed by atoms with E-state index in [2.05, 4.69) is 46.3 Å². The fourth-order valence-corrected chi connectivity index (χ4v) is 4.95. The van der Waals surface area contributed by atoms with Crippen molar-refractivity contribution >= 4 is 35.1 Å². The molecule has 1 aromatic heterocycles. The number of amides is 2. The first-order valence-corrected chi connectivity index (χ1v) is 12.3. The molecule has 1 aromatic carbocycles. The minimum atomic E-state index is -0.282. The van der Waals surface area contributed by atoms with Gasteiger partial charge in [-0.3, -0.25) is 9.59 Å². The van der Waals surface area contributed by atoms with Crippen molar-refractivity contribution < 1.29 is 9.59 Å². The molecule has 2 N–H and O–H groups in total. The number of nitrogens with zero attached hydrogens (tertiary/aromatic N) is 4. The van der Waals surface area contributed by atoms with Crippen LogP contribution in [0.1, 0.15) is 57.1 Å². The molecule has 1 saturated heterocycles. The summed E-state index contributed by atoms with van der Waals surface area (Å²) in [5, 5.41) is 6.96. The number of aromatic nitrogens is 2. The van der Waals surface area contributed by atoms with E-state index in [4.69, 9.17) is 11.6 Å². The number of carbonyl (C=O) groups excluding carboxylic acids is 2. The first kappa shape index (κ1) is 24.4. The number of rotatable bonds is 6. The number of nitrogens with one attached hydrogen (secondary N) is 2. The molecule has 2 aromatic rings. The van der Waals surface area contributed by atoms with Crippen LogP contribution in [0.25, 0.3) is 0 Å². The van der Waals surface area contributed by atoms with E-state index in [0.717, 1.165) is 16.9 Å². The lowest BCUT2D eigenvalue weighted by atomic mass is 9.93. The van der Waals surface area contributed by atoms with Crippen molar-refractivity contribution in [1.82, 2.24) is 20.2 Å². The van der Waals surface area contributed by atoms with Gasteiger partial charge in [-0.25, -0.2) is 9.97 Å². The third kappa shape index (κ3) is 5.18. The van der Waals surface area contributed by atoms with Crippen LogP contribution in [0.5, 0.6) is 0 Å². The van der Waals surface area contributed by atoms with Crippen LogP contribution in [-0.4, -0.2) is 64.9 Å². The average Bonchev–Trinajstić information content (AvgIpc) is 2.79. The van der Waals surface area contributed by atoms with Crippen molar-refractivity contribution in [3.8, 4) is 0 Å². The lowest BCUT2D eigenvalue weighted by molar-refractivity contribution is -0.135. The van der Waals surface area contributed by atoms with Gasteiger partial charge in [0.15, 0.2) is 0 Å². The molecule has 9 heteroatoms. The summed E-state index contributed by atoms with van der Waals surface area (Å²) in [7, 11) is 0. The van der Waals surface area contributed by atoms with Crippen LogP contribution in [0.15, 0.2) is 30.6 Å². The second-order valence-corrected chi connectivity index (χ2v) is 10.0. The number of halogens is 1. The Balaban J connectivity index is 1.52. The quantitative estimate of drug-likeness (QED) is 0.653. The lowest BCUT2D eigenvalue weighted by Crippen LogP contribution is -2.56. The molecule has 8 nitrogen and oxygen atoms in total. The zero-order valence-corrected chi connectivity index (χ0v) is 21.0. The zero-order chi connectivity index (χ0) is 24.4. The van der Waals surface area contributed by atoms with E-state index in [1.165, 1.54) is 6.33 Å². The topological polar surface area (TPSA) is 90.5 Å². The molecule has 2 aliphatic heterocycles. The number of piperazine rings is 1. The number of fused-ring (bicyclic) bond motifs is 1. The second-order valence-electron chi connectivity index (χ2n) is 9.61. The van der Waals surface area contributed by atoms with Crippen LogP contribution >= 0.6 is 11.6 Å². The third-order valence-corrected chi connectivity index (χ3v) is 6.87. The van der Waals surface area contributed by atoms with E-state index < -0.39 is 0 Å². The Morgan fingerprint density at radius 1 is 1.21 bits per heavy atom. The highest BCUT2D eigenvalue weighted by molar-refractivity contribution is 6.30. The highest BCUT2D eigenvalue weighted by atomic mass is 35.5. The molecular weight excluding hydrogens is 452 g/mol. The second kappa shape index (κ2) is 10.3. The molecule has 1 fully saturated rings. The molecular formula is C25H33ClN6O2. The van der Waals surface area contributed by atoms with E-state index in [1.54, 1.807) is 0 Å². The molecule has 0 bridgehead atoms. The summed E-state index contributed by atoms with van der Waals surface area (Å²) >= 11 is 6.09. The summed E-state index contributed by atoms with van der Waals surface area (Å²) in [6, 6.07) is 7.85. The van der Waals surface area contributed by atoms with E-state index in [9.17, 15) is 9.59 Å². The Morgan fingerprint density at radius 2 is 1.94 bits per heavy atom. The minimum absolute atomic E-state index is 0.00852. The standard InChI is InChI=1S/C25H33ClN6O2/c1-15(2)27-12-20(18-5-7-19(26)8-6-18)25(34)32-10-9-31(13-17(32)4)24-22-16(3)11-21(33)30-23(22)28-14-29-24/h5-8,14-17,20,27H,9-13H2,1-4H3,(H,28,29,30,33)/t16-,17+,20+/m1/s1. The van der Waals surface area contributed by atoms with Crippen LogP contribution in [0, 0.1) is 0 Å². The van der Waals surface area contributed by atoms with Gasteiger partial charge >= 0.3 is 0 Å². The highest BCUT2D eigenvalue weighted by Gasteiger charge is 2.35. The molecule has 2 aliphatic rings. The molecule has 4 rings (SSSR count). The number of hydrogen-bond donors (Lipinski definition) is 2. The maximum Gasteiger partial charge on any atom is 0.231 e. The maximum absolute atomic E-state index is 13.7. The first-order chi connectivity index (χ1) is 16.2. The van der Waals surface area contributed by atoms with Crippen LogP contribution < -0.4 is 15.5 Å². The summed E-state index contributed by atoms with van der Waals surface area (Å²) in [6.45, 7) is 10.8. The average molecular weight is 485 g/mol. The van der Waals surface area contributed by atoms with Crippen LogP contribution in [-0.2, 0) is 9.59 Å².